The number of aromatic nitrogens is 1. The molecule has 1 aromatic heterocycles. The lowest BCUT2D eigenvalue weighted by Crippen LogP contribution is -2.11. The molecule has 0 bridgehead atoms. The van der Waals surface area contributed by atoms with Gasteiger partial charge in [-0.3, -0.25) is 0 Å². The maximum atomic E-state index is 2.43. The van der Waals surface area contributed by atoms with Crippen LogP contribution in [0.25, 0.3) is 82.1 Å². The van der Waals surface area contributed by atoms with E-state index in [0.29, 0.717) is 0 Å². The molecule has 0 saturated carbocycles. The zero-order valence-electron chi connectivity index (χ0n) is 30.7. The molecule has 0 N–H and O–H groups in total. The molecular formula is C54H36N2. The van der Waals surface area contributed by atoms with Crippen molar-refractivity contribution < 1.29 is 0 Å². The first kappa shape index (κ1) is 32.0. The molecule has 2 nitrogen and oxygen atoms in total. The highest BCUT2D eigenvalue weighted by Crippen LogP contribution is 2.44. The minimum Gasteiger partial charge on any atom is -0.308 e. The second-order valence-corrected chi connectivity index (χ2v) is 14.5. The fourth-order valence-electron chi connectivity index (χ4n) is 8.72. The van der Waals surface area contributed by atoms with E-state index >= 15 is 0 Å². The van der Waals surface area contributed by atoms with E-state index in [0.717, 1.165) is 22.7 Å². The van der Waals surface area contributed by atoms with Gasteiger partial charge in [0.1, 0.15) is 0 Å². The number of fused-ring (bicyclic) bond motifs is 8. The fourth-order valence-corrected chi connectivity index (χ4v) is 8.72. The predicted molar refractivity (Wildman–Crippen MR) is 239 cm³/mol. The van der Waals surface area contributed by atoms with E-state index in [1.54, 1.807) is 0 Å². The van der Waals surface area contributed by atoms with E-state index in [-0.39, 0.29) is 0 Å². The predicted octanol–water partition coefficient (Wildman–Crippen LogP) is 15.0. The molecule has 0 spiro atoms. The van der Waals surface area contributed by atoms with Crippen LogP contribution in [0, 0.1) is 0 Å². The summed E-state index contributed by atoms with van der Waals surface area (Å²) in [5.41, 5.74) is 11.5. The van der Waals surface area contributed by atoms with Crippen LogP contribution in [0.1, 0.15) is 0 Å². The summed E-state index contributed by atoms with van der Waals surface area (Å²) in [5.74, 6) is 0. The van der Waals surface area contributed by atoms with Gasteiger partial charge in [-0.2, -0.15) is 0 Å². The van der Waals surface area contributed by atoms with Crippen molar-refractivity contribution in [1.29, 1.82) is 0 Å². The van der Waals surface area contributed by atoms with Crippen LogP contribution in [0.3, 0.4) is 0 Å². The molecule has 0 aliphatic heterocycles. The summed E-state index contributed by atoms with van der Waals surface area (Å²) >= 11 is 0. The van der Waals surface area contributed by atoms with Crippen molar-refractivity contribution >= 4 is 71.2 Å². The zero-order valence-corrected chi connectivity index (χ0v) is 30.7. The van der Waals surface area contributed by atoms with Crippen molar-refractivity contribution in [2.24, 2.45) is 0 Å². The fraction of sp³-hybridized carbons (Fsp3) is 0. The third-order valence-electron chi connectivity index (χ3n) is 11.3. The van der Waals surface area contributed by atoms with Gasteiger partial charge < -0.3 is 9.47 Å². The smallest absolute Gasteiger partial charge is 0.0782 e. The third kappa shape index (κ3) is 5.26. The van der Waals surface area contributed by atoms with Crippen LogP contribution in [0.15, 0.2) is 218 Å². The Balaban J connectivity index is 1.11. The first-order chi connectivity index (χ1) is 27.8. The summed E-state index contributed by atoms with van der Waals surface area (Å²) in [5, 5.41) is 10.1. The Morgan fingerprint density at radius 1 is 0.321 bits per heavy atom. The van der Waals surface area contributed by atoms with Crippen LogP contribution in [-0.4, -0.2) is 4.57 Å². The summed E-state index contributed by atoms with van der Waals surface area (Å²) in [4.78, 5) is 2.43. The first-order valence-electron chi connectivity index (χ1n) is 19.3. The molecule has 0 aliphatic rings. The van der Waals surface area contributed by atoms with E-state index in [1.165, 1.54) is 76.4 Å². The van der Waals surface area contributed by atoms with Gasteiger partial charge in [0.05, 0.1) is 16.7 Å². The van der Waals surface area contributed by atoms with Crippen molar-refractivity contribution in [3.05, 3.63) is 218 Å². The maximum absolute atomic E-state index is 2.43. The Morgan fingerprint density at radius 3 is 1.71 bits per heavy atom. The van der Waals surface area contributed by atoms with Crippen LogP contribution in [0.2, 0.25) is 0 Å². The lowest BCUT2D eigenvalue weighted by molar-refractivity contribution is 1.17. The summed E-state index contributed by atoms with van der Waals surface area (Å²) in [6, 6.07) is 79.5. The van der Waals surface area contributed by atoms with Gasteiger partial charge in [-0.15, -0.1) is 0 Å². The zero-order chi connectivity index (χ0) is 37.0. The van der Waals surface area contributed by atoms with Gasteiger partial charge in [0.2, 0.25) is 0 Å². The van der Waals surface area contributed by atoms with Crippen LogP contribution in [0.5, 0.6) is 0 Å². The molecule has 11 rings (SSSR count). The Morgan fingerprint density at radius 2 is 0.893 bits per heavy atom. The number of anilines is 3. The first-order valence-corrected chi connectivity index (χ1v) is 19.3. The topological polar surface area (TPSA) is 8.17 Å². The van der Waals surface area contributed by atoms with Crippen LogP contribution >= 0.6 is 0 Å². The molecule has 2 heteroatoms. The number of nitrogens with zero attached hydrogens (tertiary/aromatic N) is 2. The van der Waals surface area contributed by atoms with Gasteiger partial charge in [-0.05, 0) is 109 Å². The Labute approximate surface area is 325 Å². The highest BCUT2D eigenvalue weighted by molar-refractivity contribution is 6.21. The minimum atomic E-state index is 1.09. The Bertz CT molecular complexity index is 3230. The molecule has 1 heterocycles. The number of para-hydroxylation sites is 3. The highest BCUT2D eigenvalue weighted by atomic mass is 15.2. The Hall–Kier alpha value is -7.42. The second kappa shape index (κ2) is 13.2. The molecule has 56 heavy (non-hydrogen) atoms. The van der Waals surface area contributed by atoms with Crippen LogP contribution in [0.4, 0.5) is 17.1 Å². The van der Waals surface area contributed by atoms with Crippen molar-refractivity contribution in [3.63, 3.8) is 0 Å². The van der Waals surface area contributed by atoms with E-state index < -0.39 is 0 Å². The van der Waals surface area contributed by atoms with Crippen molar-refractivity contribution in [2.45, 2.75) is 0 Å². The number of hydrogen-bond donors (Lipinski definition) is 0. The van der Waals surface area contributed by atoms with Gasteiger partial charge in [-0.1, -0.05) is 164 Å². The van der Waals surface area contributed by atoms with Crippen LogP contribution < -0.4 is 4.90 Å². The molecule has 10 aromatic carbocycles. The van der Waals surface area contributed by atoms with Crippen molar-refractivity contribution in [3.8, 4) is 27.9 Å². The lowest BCUT2D eigenvalue weighted by Gasteiger charge is -2.28. The molecule has 262 valence electrons. The summed E-state index contributed by atoms with van der Waals surface area (Å²) in [7, 11) is 0. The van der Waals surface area contributed by atoms with E-state index in [2.05, 4.69) is 228 Å². The normalized spacial score (nSPS) is 11.6. The second-order valence-electron chi connectivity index (χ2n) is 14.5. The van der Waals surface area contributed by atoms with E-state index in [4.69, 9.17) is 0 Å². The number of rotatable bonds is 6. The largest absolute Gasteiger partial charge is 0.308 e. The Kier molecular flexibility index (Phi) is 7.53. The minimum absolute atomic E-state index is 1.09. The molecule has 0 radical (unpaired) electrons. The van der Waals surface area contributed by atoms with Gasteiger partial charge >= 0.3 is 0 Å². The SMILES string of the molecule is c1ccc(-c2cccc(N(c3ccc(-c4ccc5ccc6ccc7ccccc7c6c5c4)cc3)c3cccc4c5ccccc5n(-c5ccccc5)c34)c2)cc1. The van der Waals surface area contributed by atoms with Crippen molar-refractivity contribution in [1.82, 2.24) is 4.57 Å². The van der Waals surface area contributed by atoms with Gasteiger partial charge in [0.15, 0.2) is 0 Å². The molecule has 0 atom stereocenters. The molecule has 0 amide bonds. The molecule has 0 saturated heterocycles. The van der Waals surface area contributed by atoms with Gasteiger partial charge in [-0.25, -0.2) is 0 Å². The highest BCUT2D eigenvalue weighted by Gasteiger charge is 2.22. The monoisotopic (exact) mass is 712 g/mol. The summed E-state index contributed by atoms with van der Waals surface area (Å²) in [6.45, 7) is 0. The average molecular weight is 713 g/mol. The molecular weight excluding hydrogens is 677 g/mol. The van der Waals surface area contributed by atoms with E-state index in [1.807, 2.05) is 0 Å². The quantitative estimate of drug-likeness (QED) is 0.156. The number of benzene rings is 10. The molecule has 0 unspecified atom stereocenters. The van der Waals surface area contributed by atoms with E-state index in [9.17, 15) is 0 Å². The standard InChI is InChI=1S/C54H36N2/c1-3-13-37(14-4-1)42-16-11-19-46(35-42)55(52-24-12-22-49-48-21-9-10-23-51(48)56(54(49)52)44-17-5-2-6-18-44)45-33-31-38(32-34-45)43-30-27-40-26-29-41-28-25-39-15-7-8-20-47(39)53(41)50(40)36-43/h1-36H. The summed E-state index contributed by atoms with van der Waals surface area (Å²) < 4.78 is 2.42. The summed E-state index contributed by atoms with van der Waals surface area (Å²) in [6.07, 6.45) is 0. The molecule has 11 aromatic rings. The van der Waals surface area contributed by atoms with Crippen molar-refractivity contribution in [2.75, 3.05) is 4.90 Å². The lowest BCUT2D eigenvalue weighted by atomic mass is 9.94. The van der Waals surface area contributed by atoms with Gasteiger partial charge in [0.25, 0.3) is 0 Å². The maximum Gasteiger partial charge on any atom is 0.0782 e. The molecule has 0 fully saturated rings. The molecule has 0 aliphatic carbocycles. The average Bonchev–Trinajstić information content (AvgIpc) is 3.62. The van der Waals surface area contributed by atoms with Crippen LogP contribution in [-0.2, 0) is 0 Å². The third-order valence-corrected chi connectivity index (χ3v) is 11.3. The number of hydrogen-bond acceptors (Lipinski definition) is 1. The van der Waals surface area contributed by atoms with Gasteiger partial charge in [0, 0.05) is 27.8 Å².